The number of ether oxygens (including phenoxy) is 1. The van der Waals surface area contributed by atoms with Crippen LogP contribution >= 0.6 is 11.8 Å². The molecule has 3 aliphatic heterocycles. The van der Waals surface area contributed by atoms with Crippen LogP contribution in [-0.4, -0.2) is 45.9 Å². The van der Waals surface area contributed by atoms with Gasteiger partial charge in [0.25, 0.3) is 5.91 Å². The van der Waals surface area contributed by atoms with Gasteiger partial charge in [0.05, 0.1) is 28.7 Å². The molecule has 0 bridgehead atoms. The number of rotatable bonds is 1. The van der Waals surface area contributed by atoms with Gasteiger partial charge >= 0.3 is 0 Å². The largest absolute Gasteiger partial charge is 0.369 e. The molecule has 0 radical (unpaired) electrons. The molecular formula is C14H18N4O2S. The SMILES string of the molecule is Cc1[nH]ncc1C1SC2=C3C1OCCN3C(C)(C)NC2=O. The first-order valence-corrected chi connectivity index (χ1v) is 7.99. The first-order valence-electron chi connectivity index (χ1n) is 7.11. The minimum atomic E-state index is -0.362. The van der Waals surface area contributed by atoms with Crippen LogP contribution in [0.3, 0.4) is 0 Å². The maximum Gasteiger partial charge on any atom is 0.261 e. The van der Waals surface area contributed by atoms with Crippen molar-refractivity contribution in [2.75, 3.05) is 13.2 Å². The summed E-state index contributed by atoms with van der Waals surface area (Å²) in [6.07, 6.45) is 1.77. The third-order valence-electron chi connectivity index (χ3n) is 4.40. The Morgan fingerprint density at radius 2 is 2.33 bits per heavy atom. The predicted octanol–water partition coefficient (Wildman–Crippen LogP) is 1.28. The Morgan fingerprint density at radius 1 is 1.52 bits per heavy atom. The van der Waals surface area contributed by atoms with Gasteiger partial charge in [0, 0.05) is 17.8 Å². The molecule has 0 aromatic carbocycles. The fourth-order valence-corrected chi connectivity index (χ4v) is 4.84. The van der Waals surface area contributed by atoms with Crippen LogP contribution in [0.15, 0.2) is 16.8 Å². The molecule has 1 fully saturated rings. The van der Waals surface area contributed by atoms with Crippen molar-refractivity contribution in [3.05, 3.63) is 28.1 Å². The van der Waals surface area contributed by atoms with Gasteiger partial charge in [0.2, 0.25) is 0 Å². The molecule has 2 N–H and O–H groups in total. The van der Waals surface area contributed by atoms with Gasteiger partial charge in [-0.2, -0.15) is 5.10 Å². The molecule has 0 spiro atoms. The van der Waals surface area contributed by atoms with Gasteiger partial charge < -0.3 is 15.0 Å². The standard InChI is InChI=1S/C14H18N4O2S/c1-7-8(6-15-17-7)11-10-9-12(21-11)13(19)16-14(2,3)18(9)4-5-20-10/h6,10-11H,4-5H2,1-3H3,(H,15,17)(H,16,19). The van der Waals surface area contributed by atoms with Crippen molar-refractivity contribution in [2.24, 2.45) is 0 Å². The molecule has 3 aliphatic rings. The normalized spacial score (nSPS) is 30.4. The summed E-state index contributed by atoms with van der Waals surface area (Å²) >= 11 is 1.59. The molecule has 21 heavy (non-hydrogen) atoms. The summed E-state index contributed by atoms with van der Waals surface area (Å²) in [7, 11) is 0. The van der Waals surface area contributed by atoms with E-state index >= 15 is 0 Å². The monoisotopic (exact) mass is 306 g/mol. The van der Waals surface area contributed by atoms with E-state index in [1.165, 1.54) is 0 Å². The van der Waals surface area contributed by atoms with Crippen LogP contribution in [0.4, 0.5) is 0 Å². The summed E-state index contributed by atoms with van der Waals surface area (Å²) in [6, 6.07) is 0. The van der Waals surface area contributed by atoms with Crippen LogP contribution in [0.25, 0.3) is 0 Å². The van der Waals surface area contributed by atoms with E-state index in [0.717, 1.165) is 28.4 Å². The number of hydrogen-bond donors (Lipinski definition) is 2. The van der Waals surface area contributed by atoms with Gasteiger partial charge in [-0.1, -0.05) is 0 Å². The van der Waals surface area contributed by atoms with E-state index in [1.54, 1.807) is 11.8 Å². The summed E-state index contributed by atoms with van der Waals surface area (Å²) in [5.41, 5.74) is 2.84. The molecule has 0 aliphatic carbocycles. The van der Waals surface area contributed by atoms with E-state index in [-0.39, 0.29) is 22.9 Å². The summed E-state index contributed by atoms with van der Waals surface area (Å²) in [4.78, 5) is 15.5. The number of carbonyl (C=O) groups excluding carboxylic acids is 1. The quantitative estimate of drug-likeness (QED) is 0.818. The van der Waals surface area contributed by atoms with Crippen molar-refractivity contribution in [1.82, 2.24) is 20.4 Å². The highest BCUT2D eigenvalue weighted by molar-refractivity contribution is 8.04. The molecule has 112 valence electrons. The Bertz CT molecular complexity index is 651. The maximum atomic E-state index is 12.4. The smallest absolute Gasteiger partial charge is 0.261 e. The Kier molecular flexibility index (Phi) is 2.68. The fraction of sp³-hybridized carbons (Fsp3) is 0.571. The van der Waals surface area contributed by atoms with Gasteiger partial charge in [-0.05, 0) is 20.8 Å². The van der Waals surface area contributed by atoms with Crippen molar-refractivity contribution in [1.29, 1.82) is 0 Å². The highest BCUT2D eigenvalue weighted by Crippen LogP contribution is 2.54. The van der Waals surface area contributed by atoms with Gasteiger partial charge in [-0.15, -0.1) is 11.8 Å². The van der Waals surface area contributed by atoms with E-state index in [2.05, 4.69) is 20.4 Å². The molecular weight excluding hydrogens is 288 g/mol. The predicted molar refractivity (Wildman–Crippen MR) is 79.4 cm³/mol. The third kappa shape index (κ3) is 1.77. The van der Waals surface area contributed by atoms with Crippen LogP contribution in [0.5, 0.6) is 0 Å². The number of nitrogens with zero attached hydrogens (tertiary/aromatic N) is 2. The van der Waals surface area contributed by atoms with Crippen LogP contribution < -0.4 is 5.32 Å². The zero-order valence-corrected chi connectivity index (χ0v) is 13.1. The van der Waals surface area contributed by atoms with Crippen LogP contribution in [0.1, 0.15) is 30.4 Å². The molecule has 1 amide bonds. The minimum absolute atomic E-state index is 0.00963. The highest BCUT2D eigenvalue weighted by Gasteiger charge is 2.51. The van der Waals surface area contributed by atoms with E-state index in [9.17, 15) is 4.79 Å². The Hall–Kier alpha value is -1.47. The summed E-state index contributed by atoms with van der Waals surface area (Å²) < 4.78 is 6.03. The second-order valence-electron chi connectivity index (χ2n) is 6.16. The number of hydrogen-bond acceptors (Lipinski definition) is 5. The molecule has 7 heteroatoms. The summed E-state index contributed by atoms with van der Waals surface area (Å²) in [5.74, 6) is 0.00963. The van der Waals surface area contributed by atoms with E-state index in [4.69, 9.17) is 4.74 Å². The van der Waals surface area contributed by atoms with Crippen LogP contribution in [0, 0.1) is 6.92 Å². The van der Waals surface area contributed by atoms with Crippen LogP contribution in [0.2, 0.25) is 0 Å². The van der Waals surface area contributed by atoms with Crippen molar-refractivity contribution in [3.63, 3.8) is 0 Å². The molecule has 2 atom stereocenters. The van der Waals surface area contributed by atoms with E-state index in [1.807, 2.05) is 27.0 Å². The molecule has 1 saturated heterocycles. The average Bonchev–Trinajstić information content (AvgIpc) is 3.00. The zero-order chi connectivity index (χ0) is 14.8. The van der Waals surface area contributed by atoms with Crippen molar-refractivity contribution in [2.45, 2.75) is 37.8 Å². The molecule has 0 saturated carbocycles. The Labute approximate surface area is 127 Å². The summed E-state index contributed by atoms with van der Waals surface area (Å²) in [6.45, 7) is 7.57. The maximum absolute atomic E-state index is 12.4. The number of nitrogens with one attached hydrogen (secondary N) is 2. The molecule has 1 aromatic rings. The third-order valence-corrected chi connectivity index (χ3v) is 5.79. The highest BCUT2D eigenvalue weighted by atomic mass is 32.2. The number of morpholine rings is 1. The molecule has 2 unspecified atom stereocenters. The van der Waals surface area contributed by atoms with E-state index < -0.39 is 0 Å². The lowest BCUT2D eigenvalue weighted by Gasteiger charge is -2.48. The number of aryl methyl sites for hydroxylation is 1. The average molecular weight is 306 g/mol. The topological polar surface area (TPSA) is 70.2 Å². The fourth-order valence-electron chi connectivity index (χ4n) is 3.38. The zero-order valence-electron chi connectivity index (χ0n) is 12.3. The Balaban J connectivity index is 1.79. The minimum Gasteiger partial charge on any atom is -0.369 e. The van der Waals surface area contributed by atoms with E-state index in [0.29, 0.717) is 6.61 Å². The second-order valence-corrected chi connectivity index (χ2v) is 7.31. The molecule has 4 heterocycles. The van der Waals surface area contributed by atoms with Crippen molar-refractivity contribution >= 4 is 17.7 Å². The summed E-state index contributed by atoms with van der Waals surface area (Å²) in [5, 5.41) is 10.3. The first-order chi connectivity index (χ1) is 9.99. The van der Waals surface area contributed by atoms with Crippen molar-refractivity contribution < 1.29 is 9.53 Å². The van der Waals surface area contributed by atoms with Gasteiger partial charge in [-0.3, -0.25) is 9.89 Å². The van der Waals surface area contributed by atoms with Gasteiger partial charge in [-0.25, -0.2) is 0 Å². The first kappa shape index (κ1) is 13.2. The second kappa shape index (κ2) is 4.27. The van der Waals surface area contributed by atoms with Gasteiger partial charge in [0.15, 0.2) is 0 Å². The number of aromatic amines is 1. The number of amides is 1. The van der Waals surface area contributed by atoms with Crippen molar-refractivity contribution in [3.8, 4) is 0 Å². The number of thioether (sulfide) groups is 1. The molecule has 6 nitrogen and oxygen atoms in total. The number of aromatic nitrogens is 2. The van der Waals surface area contributed by atoms with Crippen LogP contribution in [-0.2, 0) is 9.53 Å². The van der Waals surface area contributed by atoms with Gasteiger partial charge in [0.1, 0.15) is 11.8 Å². The number of H-pyrrole nitrogens is 1. The lowest BCUT2D eigenvalue weighted by atomic mass is 9.98. The lowest BCUT2D eigenvalue weighted by molar-refractivity contribution is -0.124. The molecule has 4 rings (SSSR count). The molecule has 1 aromatic heterocycles. The lowest BCUT2D eigenvalue weighted by Crippen LogP contribution is -2.63. The number of carbonyl (C=O) groups is 1. The Morgan fingerprint density at radius 3 is 3.05 bits per heavy atom.